The minimum absolute atomic E-state index is 0.0355. The van der Waals surface area contributed by atoms with Crippen LogP contribution in [0.25, 0.3) is 0 Å². The molecule has 41 heavy (non-hydrogen) atoms. The number of benzene rings is 3. The van der Waals surface area contributed by atoms with E-state index in [9.17, 15) is 9.59 Å². The van der Waals surface area contributed by atoms with E-state index in [2.05, 4.69) is 0 Å². The van der Waals surface area contributed by atoms with Gasteiger partial charge in [-0.3, -0.25) is 0 Å². The first kappa shape index (κ1) is 30.4. The minimum Gasteiger partial charge on any atom is -0.438 e. The molecule has 1 saturated heterocycles. The van der Waals surface area contributed by atoms with Gasteiger partial charge in [-0.05, 0) is 29.7 Å². The number of carbonyl (C=O) groups is 2. The number of aryl methyl sites for hydroxylation is 1. The number of carbonyl (C=O) groups excluding carboxylic acids is 2. The molecule has 0 spiro atoms. The van der Waals surface area contributed by atoms with Gasteiger partial charge in [-0.2, -0.15) is 0 Å². The average molecular weight is 583 g/mol. The van der Waals surface area contributed by atoms with Crippen molar-refractivity contribution in [1.29, 1.82) is 0 Å². The van der Waals surface area contributed by atoms with Gasteiger partial charge in [-0.15, -0.1) is 0 Å². The van der Waals surface area contributed by atoms with E-state index in [-0.39, 0.29) is 13.2 Å². The maximum atomic E-state index is 12.5. The molecule has 0 unspecified atom stereocenters. The molecular formula is C31H34O9S. The molecule has 1 heterocycles. The molecular weight excluding hydrogens is 548 g/mol. The fourth-order valence-corrected chi connectivity index (χ4v) is 5.55. The largest absolute Gasteiger partial charge is 0.508 e. The van der Waals surface area contributed by atoms with Gasteiger partial charge < -0.3 is 33.2 Å². The molecule has 1 fully saturated rings. The van der Waals surface area contributed by atoms with Crippen molar-refractivity contribution in [2.75, 3.05) is 20.8 Å². The lowest BCUT2D eigenvalue weighted by molar-refractivity contribution is -0.230. The third kappa shape index (κ3) is 8.71. The van der Waals surface area contributed by atoms with Gasteiger partial charge in [0.15, 0.2) is 12.2 Å². The number of methoxy groups -OCH3 is 2. The summed E-state index contributed by atoms with van der Waals surface area (Å²) in [5.41, 5.74) is 2.24. The van der Waals surface area contributed by atoms with Crippen LogP contribution in [0.3, 0.4) is 0 Å². The molecule has 0 saturated carbocycles. The third-order valence-electron chi connectivity index (χ3n) is 6.40. The topological polar surface area (TPSA) is 98.8 Å². The van der Waals surface area contributed by atoms with Gasteiger partial charge in [0, 0.05) is 4.90 Å². The highest BCUT2D eigenvalue weighted by Gasteiger charge is 2.52. The Hall–Kier alpha value is -3.57. The second-order valence-electron chi connectivity index (χ2n) is 9.26. The third-order valence-corrected chi connectivity index (χ3v) is 7.73. The van der Waals surface area contributed by atoms with E-state index in [1.807, 2.05) is 91.9 Å². The van der Waals surface area contributed by atoms with Gasteiger partial charge in [0.1, 0.15) is 17.6 Å². The Kier molecular flexibility index (Phi) is 11.4. The molecule has 0 radical (unpaired) electrons. The highest BCUT2D eigenvalue weighted by atomic mass is 32.2. The molecule has 1 aliphatic rings. The summed E-state index contributed by atoms with van der Waals surface area (Å²) in [4.78, 5) is 25.8. The predicted molar refractivity (Wildman–Crippen MR) is 151 cm³/mol. The van der Waals surface area contributed by atoms with Gasteiger partial charge in [0.05, 0.1) is 34.0 Å². The van der Waals surface area contributed by atoms with Crippen LogP contribution in [0.4, 0.5) is 9.59 Å². The quantitative estimate of drug-likeness (QED) is 0.254. The molecule has 218 valence electrons. The maximum absolute atomic E-state index is 12.5. The van der Waals surface area contributed by atoms with E-state index in [0.29, 0.717) is 6.61 Å². The average Bonchev–Trinajstić information content (AvgIpc) is 3.00. The molecule has 9 nitrogen and oxygen atoms in total. The lowest BCUT2D eigenvalue weighted by atomic mass is 9.99. The first-order valence-corrected chi connectivity index (χ1v) is 14.0. The first-order chi connectivity index (χ1) is 20.0. The number of ether oxygens (including phenoxy) is 7. The molecule has 3 aromatic carbocycles. The van der Waals surface area contributed by atoms with Crippen molar-refractivity contribution in [3.63, 3.8) is 0 Å². The first-order valence-electron chi connectivity index (χ1n) is 13.1. The molecule has 3 aromatic rings. The molecule has 10 heteroatoms. The Balaban J connectivity index is 1.66. The van der Waals surface area contributed by atoms with Gasteiger partial charge >= 0.3 is 12.3 Å². The van der Waals surface area contributed by atoms with E-state index >= 15 is 0 Å². The molecule has 1 aliphatic heterocycles. The smallest absolute Gasteiger partial charge is 0.438 e. The summed E-state index contributed by atoms with van der Waals surface area (Å²) in [6, 6.07) is 27.1. The molecule has 5 atom stereocenters. The van der Waals surface area contributed by atoms with Crippen molar-refractivity contribution >= 4 is 24.1 Å². The molecule has 4 rings (SSSR count). The van der Waals surface area contributed by atoms with Crippen molar-refractivity contribution in [3.8, 4) is 0 Å². The Bertz CT molecular complexity index is 1240. The Morgan fingerprint density at radius 2 is 1.29 bits per heavy atom. The van der Waals surface area contributed by atoms with Crippen molar-refractivity contribution in [1.82, 2.24) is 0 Å². The van der Waals surface area contributed by atoms with Crippen LogP contribution in [0, 0.1) is 6.92 Å². The Morgan fingerprint density at radius 3 is 1.90 bits per heavy atom. The van der Waals surface area contributed by atoms with Crippen molar-refractivity contribution in [3.05, 3.63) is 102 Å². The van der Waals surface area contributed by atoms with Crippen LogP contribution in [-0.2, 0) is 46.4 Å². The van der Waals surface area contributed by atoms with E-state index < -0.39 is 42.2 Å². The lowest BCUT2D eigenvalue weighted by Gasteiger charge is -2.44. The maximum Gasteiger partial charge on any atom is 0.508 e. The van der Waals surface area contributed by atoms with E-state index in [1.54, 1.807) is 0 Å². The van der Waals surface area contributed by atoms with Crippen LogP contribution in [0.15, 0.2) is 89.8 Å². The van der Waals surface area contributed by atoms with Crippen LogP contribution < -0.4 is 0 Å². The molecule has 0 aromatic heterocycles. The molecule has 0 N–H and O–H groups in total. The summed E-state index contributed by atoms with van der Waals surface area (Å²) in [5.74, 6) is 0. The fraction of sp³-hybridized carbons (Fsp3) is 0.355. The van der Waals surface area contributed by atoms with E-state index in [4.69, 9.17) is 33.2 Å². The summed E-state index contributed by atoms with van der Waals surface area (Å²) in [7, 11) is 2.40. The predicted octanol–water partition coefficient (Wildman–Crippen LogP) is 5.92. The van der Waals surface area contributed by atoms with Crippen LogP contribution in [-0.4, -0.2) is 63.0 Å². The Labute approximate surface area is 244 Å². The monoisotopic (exact) mass is 582 g/mol. The number of hydrogen-bond donors (Lipinski definition) is 0. The second kappa shape index (κ2) is 15.4. The van der Waals surface area contributed by atoms with Crippen molar-refractivity contribution in [2.24, 2.45) is 0 Å². The zero-order valence-electron chi connectivity index (χ0n) is 23.2. The summed E-state index contributed by atoms with van der Waals surface area (Å²) in [6.45, 7) is 2.53. The molecule has 0 bridgehead atoms. The minimum atomic E-state index is -1.12. The number of thioether (sulfide) groups is 1. The highest BCUT2D eigenvalue weighted by Crippen LogP contribution is 2.39. The SMILES string of the molecule is COC(=O)O[C@H]1[C@@H](OC(=O)OC)[C@@H](COCc2ccccc2)O[C@@H](Sc2ccccc2C)[C@@H]1OCc1ccccc1. The summed E-state index contributed by atoms with van der Waals surface area (Å²) in [6.07, 6.45) is -5.83. The van der Waals surface area contributed by atoms with E-state index in [1.165, 1.54) is 26.0 Å². The van der Waals surface area contributed by atoms with Gasteiger partial charge in [-0.25, -0.2) is 9.59 Å². The van der Waals surface area contributed by atoms with Crippen LogP contribution in [0.2, 0.25) is 0 Å². The second-order valence-corrected chi connectivity index (χ2v) is 10.4. The van der Waals surface area contributed by atoms with Crippen LogP contribution in [0.5, 0.6) is 0 Å². The Morgan fingerprint density at radius 1 is 0.732 bits per heavy atom. The summed E-state index contributed by atoms with van der Waals surface area (Å²) < 4.78 is 39.9. The van der Waals surface area contributed by atoms with Gasteiger partial charge in [0.2, 0.25) is 0 Å². The standard InChI is InChI=1S/C31H34O9S/c1-21-12-10-11-17-25(21)41-29-28(37-19-23-15-8-5-9-16-23)27(40-31(33)35-3)26(39-30(32)34-2)24(38-29)20-36-18-22-13-6-4-7-14-22/h4-17,24,26-29H,18-20H2,1-3H3/t24-,26+,27+,28-,29+/m1/s1. The van der Waals surface area contributed by atoms with Crippen molar-refractivity contribution < 1.29 is 42.7 Å². The zero-order valence-corrected chi connectivity index (χ0v) is 24.0. The van der Waals surface area contributed by atoms with Gasteiger partial charge in [-0.1, -0.05) is 90.6 Å². The van der Waals surface area contributed by atoms with Crippen LogP contribution in [0.1, 0.15) is 16.7 Å². The van der Waals surface area contributed by atoms with Crippen LogP contribution >= 0.6 is 11.8 Å². The lowest BCUT2D eigenvalue weighted by Crippen LogP contribution is -2.61. The number of hydrogen-bond acceptors (Lipinski definition) is 10. The van der Waals surface area contributed by atoms with Crippen molar-refractivity contribution in [2.45, 2.75) is 54.9 Å². The highest BCUT2D eigenvalue weighted by molar-refractivity contribution is 7.99. The number of rotatable bonds is 11. The molecule has 0 amide bonds. The summed E-state index contributed by atoms with van der Waals surface area (Å²) in [5, 5.41) is 0. The van der Waals surface area contributed by atoms with E-state index in [0.717, 1.165) is 21.6 Å². The normalized spacial score (nSPS) is 22.0. The van der Waals surface area contributed by atoms with Gasteiger partial charge in [0.25, 0.3) is 0 Å². The molecule has 0 aliphatic carbocycles. The summed E-state index contributed by atoms with van der Waals surface area (Å²) >= 11 is 1.43. The zero-order chi connectivity index (χ0) is 29.0. The fourth-order valence-electron chi connectivity index (χ4n) is 4.33.